The van der Waals surface area contributed by atoms with E-state index in [4.69, 9.17) is 0 Å². The highest BCUT2D eigenvalue weighted by molar-refractivity contribution is 7.89. The summed E-state index contributed by atoms with van der Waals surface area (Å²) in [6, 6.07) is 10.3. The van der Waals surface area contributed by atoms with Crippen molar-refractivity contribution in [3.05, 3.63) is 35.9 Å². The van der Waals surface area contributed by atoms with Crippen molar-refractivity contribution in [2.24, 2.45) is 5.92 Å². The lowest BCUT2D eigenvalue weighted by Crippen LogP contribution is -2.36. The highest BCUT2D eigenvalue weighted by atomic mass is 32.2. The Balaban J connectivity index is 1.67. The fourth-order valence-corrected chi connectivity index (χ4v) is 5.18. The van der Waals surface area contributed by atoms with Gasteiger partial charge >= 0.3 is 0 Å². The van der Waals surface area contributed by atoms with Gasteiger partial charge in [-0.2, -0.15) is 4.31 Å². The van der Waals surface area contributed by atoms with Gasteiger partial charge in [-0.15, -0.1) is 0 Å². The molecule has 3 atom stereocenters. The summed E-state index contributed by atoms with van der Waals surface area (Å²) >= 11 is 0. The summed E-state index contributed by atoms with van der Waals surface area (Å²) in [6.45, 7) is 4.36. The molecule has 0 aromatic heterocycles. The molecule has 0 amide bonds. The fourth-order valence-electron chi connectivity index (χ4n) is 3.34. The smallest absolute Gasteiger partial charge is 0.214 e. The Labute approximate surface area is 121 Å². The normalized spacial score (nSPS) is 28.4. The van der Waals surface area contributed by atoms with Crippen molar-refractivity contribution in [2.45, 2.75) is 25.3 Å². The van der Waals surface area contributed by atoms with Crippen LogP contribution in [0.15, 0.2) is 30.3 Å². The van der Waals surface area contributed by atoms with Crippen LogP contribution in [0.4, 0.5) is 0 Å². The van der Waals surface area contributed by atoms with Gasteiger partial charge in [-0.1, -0.05) is 37.3 Å². The second-order valence-electron chi connectivity index (χ2n) is 6.02. The number of benzene rings is 1. The van der Waals surface area contributed by atoms with Gasteiger partial charge in [0.05, 0.1) is 5.75 Å². The molecule has 1 aromatic rings. The standard InChI is InChI=1S/C15H22N2O2S/c1-12(13-5-3-2-4-6-13)11-20(18,19)17-9-14-7-8-16-15(14)10-17/h2-6,12,14-16H,7-11H2,1H3/t12?,14-,15+/m0/s1. The fraction of sp³-hybridized carbons (Fsp3) is 0.600. The number of rotatable bonds is 4. The molecule has 110 valence electrons. The first-order valence-electron chi connectivity index (χ1n) is 7.32. The van der Waals surface area contributed by atoms with Crippen molar-refractivity contribution in [3.8, 4) is 0 Å². The maximum absolute atomic E-state index is 12.5. The molecular weight excluding hydrogens is 272 g/mol. The summed E-state index contributed by atoms with van der Waals surface area (Å²) in [4.78, 5) is 0. The van der Waals surface area contributed by atoms with Crippen LogP contribution in [0, 0.1) is 5.92 Å². The Morgan fingerprint density at radius 1 is 1.30 bits per heavy atom. The third-order valence-corrected chi connectivity index (χ3v) is 6.56. The van der Waals surface area contributed by atoms with Crippen LogP contribution in [0.5, 0.6) is 0 Å². The molecule has 2 aliphatic heterocycles. The topological polar surface area (TPSA) is 49.4 Å². The van der Waals surface area contributed by atoms with Crippen molar-refractivity contribution in [1.29, 1.82) is 0 Å². The molecule has 0 spiro atoms. The third-order valence-electron chi connectivity index (χ3n) is 4.55. The Bertz CT molecular complexity index is 546. The van der Waals surface area contributed by atoms with E-state index in [0.29, 0.717) is 25.0 Å². The van der Waals surface area contributed by atoms with Crippen molar-refractivity contribution in [2.75, 3.05) is 25.4 Å². The van der Waals surface area contributed by atoms with Gasteiger partial charge in [0.1, 0.15) is 0 Å². The van der Waals surface area contributed by atoms with E-state index in [-0.39, 0.29) is 11.7 Å². The Hall–Kier alpha value is -0.910. The molecule has 5 heteroatoms. The zero-order valence-corrected chi connectivity index (χ0v) is 12.6. The molecule has 2 fully saturated rings. The van der Waals surface area contributed by atoms with Gasteiger partial charge in [0.25, 0.3) is 0 Å². The van der Waals surface area contributed by atoms with Gasteiger partial charge in [0.2, 0.25) is 10.0 Å². The number of fused-ring (bicyclic) bond motifs is 1. The van der Waals surface area contributed by atoms with Crippen LogP contribution in [0.1, 0.15) is 24.8 Å². The van der Waals surface area contributed by atoms with Crippen molar-refractivity contribution >= 4 is 10.0 Å². The van der Waals surface area contributed by atoms with E-state index in [0.717, 1.165) is 18.5 Å². The van der Waals surface area contributed by atoms with Gasteiger partial charge in [-0.05, 0) is 30.4 Å². The number of hydrogen-bond acceptors (Lipinski definition) is 3. The highest BCUT2D eigenvalue weighted by Gasteiger charge is 2.41. The molecule has 3 rings (SSSR count). The zero-order chi connectivity index (χ0) is 14.2. The molecule has 4 nitrogen and oxygen atoms in total. The average Bonchev–Trinajstić information content (AvgIpc) is 3.00. The van der Waals surface area contributed by atoms with Gasteiger partial charge < -0.3 is 5.32 Å². The van der Waals surface area contributed by atoms with E-state index in [2.05, 4.69) is 5.32 Å². The number of nitrogens with one attached hydrogen (secondary N) is 1. The van der Waals surface area contributed by atoms with E-state index in [9.17, 15) is 8.42 Å². The van der Waals surface area contributed by atoms with E-state index in [1.54, 1.807) is 4.31 Å². The molecule has 1 N–H and O–H groups in total. The van der Waals surface area contributed by atoms with Crippen LogP contribution >= 0.6 is 0 Å². The first-order valence-corrected chi connectivity index (χ1v) is 8.93. The quantitative estimate of drug-likeness (QED) is 0.913. The van der Waals surface area contributed by atoms with Gasteiger partial charge in [0.15, 0.2) is 0 Å². The summed E-state index contributed by atoms with van der Waals surface area (Å²) in [5, 5.41) is 3.40. The van der Waals surface area contributed by atoms with E-state index >= 15 is 0 Å². The molecule has 2 aliphatic rings. The monoisotopic (exact) mass is 294 g/mol. The SMILES string of the molecule is CC(CS(=O)(=O)N1C[C@@H]2CCN[C@@H]2C1)c1ccccc1. The molecule has 2 heterocycles. The molecule has 1 unspecified atom stereocenters. The second kappa shape index (κ2) is 5.47. The summed E-state index contributed by atoms with van der Waals surface area (Å²) in [5.41, 5.74) is 1.09. The molecule has 0 radical (unpaired) electrons. The molecule has 0 aliphatic carbocycles. The molecule has 0 bridgehead atoms. The first kappa shape index (κ1) is 14.0. The van der Waals surface area contributed by atoms with Crippen molar-refractivity contribution in [1.82, 2.24) is 9.62 Å². The predicted molar refractivity (Wildman–Crippen MR) is 80.1 cm³/mol. The Morgan fingerprint density at radius 2 is 2.05 bits per heavy atom. The largest absolute Gasteiger partial charge is 0.312 e. The van der Waals surface area contributed by atoms with Crippen LogP contribution in [0.25, 0.3) is 0 Å². The Morgan fingerprint density at radius 3 is 2.75 bits per heavy atom. The van der Waals surface area contributed by atoms with Crippen LogP contribution in [0.2, 0.25) is 0 Å². The summed E-state index contributed by atoms with van der Waals surface area (Å²) in [5.74, 6) is 0.752. The maximum Gasteiger partial charge on any atom is 0.214 e. The number of nitrogens with zero attached hydrogens (tertiary/aromatic N) is 1. The molecule has 0 saturated carbocycles. The minimum absolute atomic E-state index is 0.0367. The summed E-state index contributed by atoms with van der Waals surface area (Å²) < 4.78 is 26.8. The summed E-state index contributed by atoms with van der Waals surface area (Å²) in [6.07, 6.45) is 1.10. The van der Waals surface area contributed by atoms with E-state index in [1.165, 1.54) is 0 Å². The van der Waals surface area contributed by atoms with Crippen molar-refractivity contribution in [3.63, 3.8) is 0 Å². The number of sulfonamides is 1. The lowest BCUT2D eigenvalue weighted by molar-refractivity contribution is 0.446. The Kier molecular flexibility index (Phi) is 3.84. The molecular formula is C15H22N2O2S. The lowest BCUT2D eigenvalue weighted by Gasteiger charge is -2.20. The van der Waals surface area contributed by atoms with Crippen LogP contribution in [-0.4, -0.2) is 44.2 Å². The zero-order valence-electron chi connectivity index (χ0n) is 11.8. The molecule has 1 aromatic carbocycles. The van der Waals surface area contributed by atoms with Gasteiger partial charge in [-0.3, -0.25) is 0 Å². The van der Waals surface area contributed by atoms with Crippen LogP contribution < -0.4 is 5.32 Å². The predicted octanol–water partition coefficient (Wildman–Crippen LogP) is 1.41. The minimum atomic E-state index is -3.16. The summed E-state index contributed by atoms with van der Waals surface area (Å²) in [7, 11) is -3.16. The van der Waals surface area contributed by atoms with Crippen LogP contribution in [0.3, 0.4) is 0 Å². The lowest BCUT2D eigenvalue weighted by atomic mass is 10.0. The molecule has 20 heavy (non-hydrogen) atoms. The molecule has 2 saturated heterocycles. The average molecular weight is 294 g/mol. The highest BCUT2D eigenvalue weighted by Crippen LogP contribution is 2.28. The van der Waals surface area contributed by atoms with Gasteiger partial charge in [-0.25, -0.2) is 8.42 Å². The van der Waals surface area contributed by atoms with Crippen molar-refractivity contribution < 1.29 is 8.42 Å². The third kappa shape index (κ3) is 2.75. The minimum Gasteiger partial charge on any atom is -0.312 e. The second-order valence-corrected chi connectivity index (χ2v) is 8.03. The van der Waals surface area contributed by atoms with E-state index < -0.39 is 10.0 Å². The van der Waals surface area contributed by atoms with Crippen LogP contribution in [-0.2, 0) is 10.0 Å². The van der Waals surface area contributed by atoms with E-state index in [1.807, 2.05) is 37.3 Å². The first-order chi connectivity index (χ1) is 9.56. The maximum atomic E-state index is 12.5. The van der Waals surface area contributed by atoms with Gasteiger partial charge in [0, 0.05) is 19.1 Å². The number of hydrogen-bond donors (Lipinski definition) is 1.